The van der Waals surface area contributed by atoms with Gasteiger partial charge in [0.2, 0.25) is 11.8 Å². The van der Waals surface area contributed by atoms with Crippen LogP contribution >= 0.6 is 0 Å². The van der Waals surface area contributed by atoms with Gasteiger partial charge in [0.1, 0.15) is 12.6 Å². The minimum atomic E-state index is -0.144. The Kier molecular flexibility index (Phi) is 4.55. The second kappa shape index (κ2) is 7.20. The molecule has 3 heterocycles. The SMILES string of the molecule is C[C@H]1CCC(c2nnc([C@@H]3CC[C@@H]4CN3C(=O)N4OCc3ccccc3)o2)C1. The molecule has 1 aromatic carbocycles. The lowest BCUT2D eigenvalue weighted by molar-refractivity contribution is -0.140. The van der Waals surface area contributed by atoms with Crippen LogP contribution in [0.3, 0.4) is 0 Å². The first-order valence-electron chi connectivity index (χ1n) is 10.3. The Balaban J connectivity index is 1.27. The number of hydroxylamine groups is 2. The van der Waals surface area contributed by atoms with Crippen LogP contribution in [0, 0.1) is 5.92 Å². The lowest BCUT2D eigenvalue weighted by Crippen LogP contribution is -2.34. The molecule has 7 nitrogen and oxygen atoms in total. The zero-order chi connectivity index (χ0) is 19.1. The Morgan fingerprint density at radius 1 is 1.11 bits per heavy atom. The molecular weight excluding hydrogens is 356 g/mol. The van der Waals surface area contributed by atoms with Gasteiger partial charge in [-0.25, -0.2) is 4.79 Å². The highest BCUT2D eigenvalue weighted by Crippen LogP contribution is 2.41. The molecule has 0 N–H and O–H groups in total. The molecule has 3 aliphatic rings. The minimum Gasteiger partial charge on any atom is -0.423 e. The predicted molar refractivity (Wildman–Crippen MR) is 101 cm³/mol. The first-order valence-corrected chi connectivity index (χ1v) is 10.3. The van der Waals surface area contributed by atoms with Crippen molar-refractivity contribution in [3.8, 4) is 0 Å². The van der Waals surface area contributed by atoms with Crippen LogP contribution in [0.4, 0.5) is 4.79 Å². The van der Waals surface area contributed by atoms with Gasteiger partial charge in [-0.05, 0) is 43.6 Å². The number of aromatic nitrogens is 2. The van der Waals surface area contributed by atoms with E-state index in [0.717, 1.165) is 37.1 Å². The fourth-order valence-corrected chi connectivity index (χ4v) is 4.75. The summed E-state index contributed by atoms with van der Waals surface area (Å²) in [5.41, 5.74) is 1.05. The molecule has 1 aromatic heterocycles. The second-order valence-corrected chi connectivity index (χ2v) is 8.36. The fourth-order valence-electron chi connectivity index (χ4n) is 4.75. The second-order valence-electron chi connectivity index (χ2n) is 8.36. The maximum Gasteiger partial charge on any atom is 0.345 e. The number of rotatable bonds is 5. The van der Waals surface area contributed by atoms with E-state index in [0.29, 0.717) is 30.9 Å². The van der Waals surface area contributed by atoms with Gasteiger partial charge in [-0.15, -0.1) is 10.2 Å². The molecule has 2 aliphatic heterocycles. The van der Waals surface area contributed by atoms with Gasteiger partial charge < -0.3 is 9.32 Å². The van der Waals surface area contributed by atoms with Crippen LogP contribution in [0.5, 0.6) is 0 Å². The largest absolute Gasteiger partial charge is 0.423 e. The smallest absolute Gasteiger partial charge is 0.345 e. The molecule has 28 heavy (non-hydrogen) atoms. The van der Waals surface area contributed by atoms with E-state index in [1.807, 2.05) is 35.2 Å². The monoisotopic (exact) mass is 382 g/mol. The number of amides is 2. The van der Waals surface area contributed by atoms with E-state index < -0.39 is 0 Å². The Morgan fingerprint density at radius 2 is 1.93 bits per heavy atom. The highest BCUT2D eigenvalue weighted by molar-refractivity contribution is 5.77. The standard InChI is InChI=1S/C21H26N4O3/c1-14-7-8-16(11-14)19-22-23-20(28-19)18-10-9-17-12-24(18)21(26)25(17)27-13-15-5-3-2-4-6-15/h2-6,14,16-18H,7-13H2,1H3/t14-,16?,17+,18-/m0/s1. The Bertz CT molecular complexity index is 839. The molecule has 2 aromatic rings. The number of urea groups is 1. The number of nitrogens with zero attached hydrogens (tertiary/aromatic N) is 4. The van der Waals surface area contributed by atoms with Crippen molar-refractivity contribution in [1.29, 1.82) is 0 Å². The third-order valence-electron chi connectivity index (χ3n) is 6.32. The van der Waals surface area contributed by atoms with Crippen molar-refractivity contribution in [3.05, 3.63) is 47.7 Å². The average molecular weight is 382 g/mol. The van der Waals surface area contributed by atoms with E-state index in [1.165, 1.54) is 6.42 Å². The van der Waals surface area contributed by atoms with Crippen molar-refractivity contribution < 1.29 is 14.0 Å². The normalized spacial score (nSPS) is 29.7. The Labute approximate surface area is 164 Å². The van der Waals surface area contributed by atoms with E-state index in [9.17, 15) is 4.79 Å². The third kappa shape index (κ3) is 3.17. The minimum absolute atomic E-state index is 0.0885. The van der Waals surface area contributed by atoms with E-state index in [4.69, 9.17) is 9.25 Å². The van der Waals surface area contributed by atoms with Gasteiger partial charge in [0, 0.05) is 12.5 Å². The summed E-state index contributed by atoms with van der Waals surface area (Å²) in [7, 11) is 0. The maximum absolute atomic E-state index is 12.9. The fraction of sp³-hybridized carbons (Fsp3) is 0.571. The van der Waals surface area contributed by atoms with Gasteiger partial charge in [0.05, 0.1) is 6.04 Å². The Morgan fingerprint density at radius 3 is 2.71 bits per heavy atom. The van der Waals surface area contributed by atoms with Crippen molar-refractivity contribution in [3.63, 3.8) is 0 Å². The summed E-state index contributed by atoms with van der Waals surface area (Å²) in [6.07, 6.45) is 5.13. The third-order valence-corrected chi connectivity index (χ3v) is 6.32. The van der Waals surface area contributed by atoms with Crippen LogP contribution in [0.2, 0.25) is 0 Å². The summed E-state index contributed by atoms with van der Waals surface area (Å²) in [5.74, 6) is 2.40. The van der Waals surface area contributed by atoms with Crippen molar-refractivity contribution in [2.45, 2.75) is 63.6 Å². The summed E-state index contributed by atoms with van der Waals surface area (Å²) in [5, 5.41) is 10.2. The van der Waals surface area contributed by atoms with Crippen molar-refractivity contribution in [2.24, 2.45) is 5.92 Å². The summed E-state index contributed by atoms with van der Waals surface area (Å²) >= 11 is 0. The van der Waals surface area contributed by atoms with Crippen LogP contribution in [0.15, 0.2) is 34.7 Å². The summed E-state index contributed by atoms with van der Waals surface area (Å²) in [6.45, 7) is 3.31. The number of piperidine rings is 1. The number of hydrogen-bond acceptors (Lipinski definition) is 5. The zero-order valence-electron chi connectivity index (χ0n) is 16.2. The zero-order valence-corrected chi connectivity index (χ0v) is 16.2. The van der Waals surface area contributed by atoms with E-state index in [-0.39, 0.29) is 18.1 Å². The highest BCUT2D eigenvalue weighted by Gasteiger charge is 2.48. The van der Waals surface area contributed by atoms with Gasteiger partial charge in [0.25, 0.3) is 0 Å². The Hall–Kier alpha value is -2.41. The van der Waals surface area contributed by atoms with Gasteiger partial charge in [-0.1, -0.05) is 37.3 Å². The number of benzene rings is 1. The van der Waals surface area contributed by atoms with Crippen LogP contribution in [-0.4, -0.2) is 38.8 Å². The van der Waals surface area contributed by atoms with Gasteiger partial charge in [0.15, 0.2) is 0 Å². The molecule has 3 fully saturated rings. The lowest BCUT2D eigenvalue weighted by Gasteiger charge is -2.27. The van der Waals surface area contributed by atoms with Crippen LogP contribution in [0.1, 0.15) is 68.3 Å². The first-order chi connectivity index (χ1) is 13.7. The summed E-state index contributed by atoms with van der Waals surface area (Å²) in [4.78, 5) is 20.6. The molecule has 148 valence electrons. The average Bonchev–Trinajstić information content (AvgIpc) is 3.42. The van der Waals surface area contributed by atoms with Crippen molar-refractivity contribution >= 4 is 6.03 Å². The number of fused-ring (bicyclic) bond motifs is 2. The molecule has 2 bridgehead atoms. The van der Waals surface area contributed by atoms with Crippen LogP contribution in [0.25, 0.3) is 0 Å². The van der Waals surface area contributed by atoms with Crippen LogP contribution < -0.4 is 0 Å². The molecule has 7 heteroatoms. The molecule has 0 spiro atoms. The number of carbonyl (C=O) groups is 1. The molecule has 2 saturated heterocycles. The molecule has 1 saturated carbocycles. The topological polar surface area (TPSA) is 71.7 Å². The molecule has 2 amide bonds. The van der Waals surface area contributed by atoms with Crippen molar-refractivity contribution in [1.82, 2.24) is 20.2 Å². The molecule has 4 atom stereocenters. The molecule has 5 rings (SSSR count). The van der Waals surface area contributed by atoms with Gasteiger partial charge >= 0.3 is 6.03 Å². The number of hydrogen-bond donors (Lipinski definition) is 0. The predicted octanol–water partition coefficient (Wildman–Crippen LogP) is 4.05. The molecule has 0 radical (unpaired) electrons. The summed E-state index contributed by atoms with van der Waals surface area (Å²) in [6, 6.07) is 9.76. The molecular formula is C21H26N4O3. The maximum atomic E-state index is 12.9. The van der Waals surface area contributed by atoms with E-state index in [2.05, 4.69) is 17.1 Å². The van der Waals surface area contributed by atoms with E-state index in [1.54, 1.807) is 5.06 Å². The highest BCUT2D eigenvalue weighted by atomic mass is 16.7. The van der Waals surface area contributed by atoms with Crippen molar-refractivity contribution in [2.75, 3.05) is 6.54 Å². The van der Waals surface area contributed by atoms with Gasteiger partial charge in [-0.2, -0.15) is 5.06 Å². The van der Waals surface area contributed by atoms with Gasteiger partial charge in [-0.3, -0.25) is 4.84 Å². The first kappa shape index (κ1) is 17.7. The quantitative estimate of drug-likeness (QED) is 0.780. The van der Waals surface area contributed by atoms with Crippen LogP contribution in [-0.2, 0) is 11.4 Å². The summed E-state index contributed by atoms with van der Waals surface area (Å²) < 4.78 is 6.04. The molecule has 1 unspecified atom stereocenters. The molecule has 1 aliphatic carbocycles. The lowest BCUT2D eigenvalue weighted by atomic mass is 10.0. The number of carbonyl (C=O) groups excluding carboxylic acids is 1. The van der Waals surface area contributed by atoms with E-state index >= 15 is 0 Å².